The average molecular weight is 291 g/mol. The Balaban J connectivity index is 1.97. The van der Waals surface area contributed by atoms with Crippen molar-refractivity contribution in [1.29, 1.82) is 0 Å². The van der Waals surface area contributed by atoms with E-state index in [2.05, 4.69) is 14.9 Å². The summed E-state index contributed by atoms with van der Waals surface area (Å²) in [5.74, 6) is -0.139. The van der Waals surface area contributed by atoms with Crippen LogP contribution >= 0.6 is 0 Å². The van der Waals surface area contributed by atoms with Gasteiger partial charge in [0.05, 0.1) is 12.5 Å². The van der Waals surface area contributed by atoms with Crippen molar-refractivity contribution < 1.29 is 8.78 Å². The van der Waals surface area contributed by atoms with Gasteiger partial charge in [-0.15, -0.1) is 0 Å². The van der Waals surface area contributed by atoms with Gasteiger partial charge in [0.1, 0.15) is 17.5 Å². The second-order valence-electron chi connectivity index (χ2n) is 5.61. The Hall–Kier alpha value is -1.91. The molecular formula is C16H19F2N3. The number of H-pyrrole nitrogens is 1. The zero-order valence-electron chi connectivity index (χ0n) is 12.0. The summed E-state index contributed by atoms with van der Waals surface area (Å²) in [7, 11) is 0. The summed E-state index contributed by atoms with van der Waals surface area (Å²) in [6.07, 6.45) is 6.16. The van der Waals surface area contributed by atoms with Gasteiger partial charge in [-0.05, 0) is 31.9 Å². The van der Waals surface area contributed by atoms with E-state index in [1.54, 1.807) is 12.5 Å². The molecule has 1 N–H and O–H groups in total. The molecule has 2 heterocycles. The highest BCUT2D eigenvalue weighted by molar-refractivity contribution is 5.40. The summed E-state index contributed by atoms with van der Waals surface area (Å²) in [5.41, 5.74) is 0.219. The van der Waals surface area contributed by atoms with Gasteiger partial charge >= 0.3 is 0 Å². The quantitative estimate of drug-likeness (QED) is 0.911. The number of rotatable bonds is 2. The van der Waals surface area contributed by atoms with Gasteiger partial charge in [-0.1, -0.05) is 12.5 Å². The number of hydrogen-bond donors (Lipinski definition) is 1. The van der Waals surface area contributed by atoms with Crippen LogP contribution in [0.5, 0.6) is 0 Å². The lowest BCUT2D eigenvalue weighted by Crippen LogP contribution is -2.37. The van der Waals surface area contributed by atoms with Gasteiger partial charge in [-0.3, -0.25) is 0 Å². The number of imidazole rings is 1. The summed E-state index contributed by atoms with van der Waals surface area (Å²) in [6.45, 7) is 2.90. The Morgan fingerprint density at radius 2 is 2.00 bits per heavy atom. The maximum absolute atomic E-state index is 14.1. The summed E-state index contributed by atoms with van der Waals surface area (Å²) < 4.78 is 28.3. The number of aromatic amines is 1. The molecule has 2 atom stereocenters. The molecule has 0 aliphatic carbocycles. The molecule has 3 rings (SSSR count). The van der Waals surface area contributed by atoms with Crippen molar-refractivity contribution in [1.82, 2.24) is 9.97 Å². The third kappa shape index (κ3) is 2.64. The van der Waals surface area contributed by atoms with E-state index in [1.165, 1.54) is 18.2 Å². The molecule has 21 heavy (non-hydrogen) atoms. The van der Waals surface area contributed by atoms with E-state index in [4.69, 9.17) is 0 Å². The molecule has 112 valence electrons. The Kier molecular flexibility index (Phi) is 3.90. The van der Waals surface area contributed by atoms with Crippen molar-refractivity contribution in [3.63, 3.8) is 0 Å². The fraction of sp³-hybridized carbons (Fsp3) is 0.438. The smallest absolute Gasteiger partial charge is 0.129 e. The summed E-state index contributed by atoms with van der Waals surface area (Å²) in [5, 5.41) is 0. The Bertz CT molecular complexity index is 577. The van der Waals surface area contributed by atoms with E-state index in [0.29, 0.717) is 0 Å². The normalized spacial score (nSPS) is 23.1. The van der Waals surface area contributed by atoms with E-state index >= 15 is 0 Å². The molecule has 0 radical (unpaired) electrons. The fourth-order valence-electron chi connectivity index (χ4n) is 3.30. The molecule has 1 aliphatic rings. The standard InChI is InChI=1S/C16H19F2N3/c1-11-12(16-13(17)6-4-7-14(16)18)5-2-3-8-21(11)15-9-19-10-20-15/h4,6-7,9-12H,2-3,5,8H2,1H3,(H,19,20). The van der Waals surface area contributed by atoms with Crippen LogP contribution in [-0.4, -0.2) is 22.6 Å². The molecular weight excluding hydrogens is 272 g/mol. The van der Waals surface area contributed by atoms with E-state index in [0.717, 1.165) is 31.6 Å². The van der Waals surface area contributed by atoms with E-state index in [-0.39, 0.29) is 17.5 Å². The molecule has 1 saturated heterocycles. The summed E-state index contributed by atoms with van der Waals surface area (Å²) in [4.78, 5) is 9.31. The van der Waals surface area contributed by atoms with Crippen LogP contribution in [0.2, 0.25) is 0 Å². The third-order valence-electron chi connectivity index (χ3n) is 4.40. The molecule has 1 aliphatic heterocycles. The van der Waals surface area contributed by atoms with Crippen molar-refractivity contribution >= 4 is 5.82 Å². The van der Waals surface area contributed by atoms with Crippen molar-refractivity contribution in [2.45, 2.75) is 38.1 Å². The van der Waals surface area contributed by atoms with Crippen molar-refractivity contribution in [3.8, 4) is 0 Å². The monoisotopic (exact) mass is 291 g/mol. The highest BCUT2D eigenvalue weighted by Gasteiger charge is 2.31. The molecule has 0 spiro atoms. The first-order valence-electron chi connectivity index (χ1n) is 7.37. The molecule has 0 amide bonds. The van der Waals surface area contributed by atoms with Crippen LogP contribution < -0.4 is 4.90 Å². The average Bonchev–Trinajstić information content (AvgIpc) is 2.92. The van der Waals surface area contributed by atoms with Crippen LogP contribution in [0.15, 0.2) is 30.7 Å². The summed E-state index contributed by atoms with van der Waals surface area (Å²) in [6, 6.07) is 4.12. The van der Waals surface area contributed by atoms with Crippen LogP contribution in [0.25, 0.3) is 0 Å². The minimum atomic E-state index is -0.446. The van der Waals surface area contributed by atoms with Gasteiger partial charge in [-0.2, -0.15) is 0 Å². The Morgan fingerprint density at radius 3 is 2.67 bits per heavy atom. The van der Waals surface area contributed by atoms with E-state index in [1.807, 2.05) is 6.92 Å². The number of nitrogens with one attached hydrogen (secondary N) is 1. The van der Waals surface area contributed by atoms with E-state index < -0.39 is 11.6 Å². The fourth-order valence-corrected chi connectivity index (χ4v) is 3.30. The van der Waals surface area contributed by atoms with Gasteiger partial charge in [-0.25, -0.2) is 13.8 Å². The predicted molar refractivity (Wildman–Crippen MR) is 78.3 cm³/mol. The number of nitrogens with zero attached hydrogens (tertiary/aromatic N) is 2. The lowest BCUT2D eigenvalue weighted by molar-refractivity contribution is 0.463. The largest absolute Gasteiger partial charge is 0.354 e. The Morgan fingerprint density at radius 1 is 1.24 bits per heavy atom. The lowest BCUT2D eigenvalue weighted by atomic mass is 9.87. The van der Waals surface area contributed by atoms with Gasteiger partial charge < -0.3 is 9.88 Å². The van der Waals surface area contributed by atoms with Crippen LogP contribution in [-0.2, 0) is 0 Å². The van der Waals surface area contributed by atoms with Crippen LogP contribution in [0.1, 0.15) is 37.7 Å². The SMILES string of the molecule is CC1C(c2c(F)cccc2F)CCCCN1c1cnc[nH]1. The number of aromatic nitrogens is 2. The first-order chi connectivity index (χ1) is 10.2. The van der Waals surface area contributed by atoms with Gasteiger partial charge in [0.15, 0.2) is 0 Å². The van der Waals surface area contributed by atoms with Crippen LogP contribution in [0.3, 0.4) is 0 Å². The summed E-state index contributed by atoms with van der Waals surface area (Å²) >= 11 is 0. The number of benzene rings is 1. The zero-order chi connectivity index (χ0) is 14.8. The third-order valence-corrected chi connectivity index (χ3v) is 4.40. The first-order valence-corrected chi connectivity index (χ1v) is 7.37. The number of hydrogen-bond acceptors (Lipinski definition) is 2. The molecule has 1 aromatic carbocycles. The zero-order valence-corrected chi connectivity index (χ0v) is 12.0. The highest BCUT2D eigenvalue weighted by atomic mass is 19.1. The molecule has 0 bridgehead atoms. The molecule has 1 fully saturated rings. The van der Waals surface area contributed by atoms with Crippen LogP contribution in [0, 0.1) is 11.6 Å². The van der Waals surface area contributed by atoms with Crippen molar-refractivity contribution in [3.05, 3.63) is 47.9 Å². The molecule has 2 aromatic rings. The minimum absolute atomic E-state index is 0.0133. The molecule has 0 saturated carbocycles. The van der Waals surface area contributed by atoms with Crippen molar-refractivity contribution in [2.24, 2.45) is 0 Å². The van der Waals surface area contributed by atoms with Crippen LogP contribution in [0.4, 0.5) is 14.6 Å². The maximum atomic E-state index is 14.1. The number of halogens is 2. The van der Waals surface area contributed by atoms with Gasteiger partial charge in [0, 0.05) is 24.1 Å². The number of anilines is 1. The molecule has 3 nitrogen and oxygen atoms in total. The van der Waals surface area contributed by atoms with Gasteiger partial charge in [0.2, 0.25) is 0 Å². The second-order valence-corrected chi connectivity index (χ2v) is 5.61. The predicted octanol–water partition coefficient (Wildman–Crippen LogP) is 3.85. The lowest BCUT2D eigenvalue weighted by Gasteiger charge is -2.33. The van der Waals surface area contributed by atoms with Crippen molar-refractivity contribution in [2.75, 3.05) is 11.4 Å². The molecule has 1 aromatic heterocycles. The topological polar surface area (TPSA) is 31.9 Å². The minimum Gasteiger partial charge on any atom is -0.354 e. The first kappa shape index (κ1) is 14.0. The molecule has 2 unspecified atom stereocenters. The highest BCUT2D eigenvalue weighted by Crippen LogP contribution is 2.36. The second kappa shape index (κ2) is 5.84. The maximum Gasteiger partial charge on any atom is 0.129 e. The van der Waals surface area contributed by atoms with E-state index in [9.17, 15) is 8.78 Å². The Labute approximate surface area is 123 Å². The molecule has 5 heteroatoms. The van der Waals surface area contributed by atoms with Gasteiger partial charge in [0.25, 0.3) is 0 Å².